The van der Waals surface area contributed by atoms with Gasteiger partial charge in [0.25, 0.3) is 5.91 Å². The van der Waals surface area contributed by atoms with Crippen LogP contribution in [0.3, 0.4) is 0 Å². The van der Waals surface area contributed by atoms with Crippen molar-refractivity contribution >= 4 is 28.8 Å². The lowest BCUT2D eigenvalue weighted by molar-refractivity contribution is -0.130. The van der Waals surface area contributed by atoms with Gasteiger partial charge in [0.05, 0.1) is 31.2 Å². The van der Waals surface area contributed by atoms with E-state index < -0.39 is 11.9 Å². The second kappa shape index (κ2) is 12.3. The maximum atomic E-state index is 13.7. The van der Waals surface area contributed by atoms with Gasteiger partial charge in [0.15, 0.2) is 11.5 Å². The normalized spacial score (nSPS) is 16.8. The van der Waals surface area contributed by atoms with Gasteiger partial charge in [0, 0.05) is 36.6 Å². The van der Waals surface area contributed by atoms with Gasteiger partial charge in [-0.15, -0.1) is 0 Å². The van der Waals surface area contributed by atoms with Crippen LogP contribution < -0.4 is 20.1 Å². The zero-order valence-electron chi connectivity index (χ0n) is 24.1. The number of nitrogens with zero attached hydrogens (tertiary/aromatic N) is 4. The molecule has 5 rings (SSSR count). The highest BCUT2D eigenvalue weighted by atomic mass is 16.5. The molecular formula is C30H35N7O5. The molecule has 0 saturated carbocycles. The fourth-order valence-electron chi connectivity index (χ4n) is 4.99. The average Bonchev–Trinajstić information content (AvgIpc) is 3.59. The van der Waals surface area contributed by atoms with Crippen molar-refractivity contribution in [1.29, 1.82) is 0 Å². The molecule has 1 aliphatic heterocycles. The number of carbonyl (C=O) groups excluding carboxylic acids is 3. The number of aryl methyl sites for hydroxylation is 1. The number of H-pyrrole nitrogens is 1. The van der Waals surface area contributed by atoms with E-state index in [1.165, 1.54) is 4.90 Å². The summed E-state index contributed by atoms with van der Waals surface area (Å²) < 4.78 is 13.6. The van der Waals surface area contributed by atoms with Gasteiger partial charge in [0.2, 0.25) is 11.8 Å². The maximum Gasteiger partial charge on any atom is 0.254 e. The molecule has 4 aromatic rings. The van der Waals surface area contributed by atoms with Gasteiger partial charge < -0.3 is 34.6 Å². The lowest BCUT2D eigenvalue weighted by Gasteiger charge is -2.26. The summed E-state index contributed by atoms with van der Waals surface area (Å²) in [6.07, 6.45) is 3.54. The molecule has 0 fully saturated rings. The zero-order valence-corrected chi connectivity index (χ0v) is 24.1. The molecule has 1 aliphatic rings. The van der Waals surface area contributed by atoms with Crippen LogP contribution in [0, 0.1) is 12.8 Å². The average molecular weight is 574 g/mol. The Labute approximate surface area is 243 Å². The number of rotatable bonds is 3. The Bertz CT molecular complexity index is 1610. The van der Waals surface area contributed by atoms with Crippen LogP contribution in [0.15, 0.2) is 48.8 Å². The number of nitrogens with one attached hydrogen (secondary N) is 3. The van der Waals surface area contributed by atoms with Crippen molar-refractivity contribution in [2.24, 2.45) is 5.92 Å². The third-order valence-corrected chi connectivity index (χ3v) is 7.14. The van der Waals surface area contributed by atoms with Crippen LogP contribution in [-0.2, 0) is 16.1 Å². The lowest BCUT2D eigenvalue weighted by Crippen LogP contribution is -2.53. The molecule has 3 N–H and O–H groups in total. The van der Waals surface area contributed by atoms with Crippen molar-refractivity contribution in [1.82, 2.24) is 35.1 Å². The standard InChI is InChI=1S/C30H35N7O5/c1-18(2)27-29(39)32-10-12-36-11-9-31-28(36)20-6-8-24(41-4)25(16-20)42-14-13-37(17-26(38)35-27)30(40)21-5-7-22-23(15-21)34-19(3)33-22/h5-9,11,15-16,18,27H,10,12-14,17H2,1-4H3,(H,32,39)(H,33,34)(H,35,38)/t27-/m1/s1. The summed E-state index contributed by atoms with van der Waals surface area (Å²) in [5.41, 5.74) is 2.67. The minimum Gasteiger partial charge on any atom is -0.493 e. The van der Waals surface area contributed by atoms with Crippen molar-refractivity contribution in [3.05, 3.63) is 60.2 Å². The number of aromatic nitrogens is 4. The number of hydrogen-bond donors (Lipinski definition) is 3. The van der Waals surface area contributed by atoms with Crippen LogP contribution in [0.4, 0.5) is 0 Å². The highest BCUT2D eigenvalue weighted by molar-refractivity contribution is 5.99. The molecule has 42 heavy (non-hydrogen) atoms. The van der Waals surface area contributed by atoms with E-state index in [-0.39, 0.29) is 37.4 Å². The summed E-state index contributed by atoms with van der Waals surface area (Å²) in [7, 11) is 1.56. The number of fused-ring (bicyclic) bond motifs is 5. The van der Waals surface area contributed by atoms with Crippen LogP contribution >= 0.6 is 0 Å². The summed E-state index contributed by atoms with van der Waals surface area (Å²) in [6.45, 7) is 6.31. The van der Waals surface area contributed by atoms with E-state index in [2.05, 4.69) is 25.6 Å². The van der Waals surface area contributed by atoms with Crippen molar-refractivity contribution in [2.45, 2.75) is 33.4 Å². The predicted octanol–water partition coefficient (Wildman–Crippen LogP) is 2.54. The Morgan fingerprint density at radius 2 is 1.98 bits per heavy atom. The van der Waals surface area contributed by atoms with Crippen LogP contribution in [-0.4, -0.2) is 81.5 Å². The number of amides is 3. The Morgan fingerprint density at radius 1 is 1.14 bits per heavy atom. The molecule has 0 radical (unpaired) electrons. The van der Waals surface area contributed by atoms with Crippen LogP contribution in [0.2, 0.25) is 0 Å². The quantitative estimate of drug-likeness (QED) is 0.342. The SMILES string of the molecule is COc1ccc2cc1OCCN(C(=O)c1ccc3nc(C)[nH]c3c1)CC(=O)N[C@H](C(C)C)C(=O)NCCn1ccnc1-2. The fraction of sp³-hybridized carbons (Fsp3) is 0.367. The molecule has 1 atom stereocenters. The van der Waals surface area contributed by atoms with Gasteiger partial charge in [-0.25, -0.2) is 9.97 Å². The lowest BCUT2D eigenvalue weighted by atomic mass is 10.0. The Morgan fingerprint density at radius 3 is 2.76 bits per heavy atom. The summed E-state index contributed by atoms with van der Waals surface area (Å²) >= 11 is 0. The van der Waals surface area contributed by atoms with E-state index in [1.54, 1.807) is 37.6 Å². The van der Waals surface area contributed by atoms with Crippen molar-refractivity contribution in [3.63, 3.8) is 0 Å². The third-order valence-electron chi connectivity index (χ3n) is 7.14. The third kappa shape index (κ3) is 6.22. The molecule has 3 amide bonds. The van der Waals surface area contributed by atoms with E-state index >= 15 is 0 Å². The first-order chi connectivity index (χ1) is 20.2. The number of benzene rings is 2. The number of methoxy groups -OCH3 is 1. The Hall–Kier alpha value is -4.87. The Kier molecular flexibility index (Phi) is 8.41. The van der Waals surface area contributed by atoms with Crippen LogP contribution in [0.5, 0.6) is 11.5 Å². The minimum absolute atomic E-state index is 0.0901. The molecule has 2 aromatic heterocycles. The van der Waals surface area contributed by atoms with E-state index in [1.807, 2.05) is 43.7 Å². The van der Waals surface area contributed by atoms with Gasteiger partial charge in [-0.05, 0) is 49.2 Å². The monoisotopic (exact) mass is 573 g/mol. The molecule has 12 nitrogen and oxygen atoms in total. The molecule has 3 heterocycles. The molecule has 0 spiro atoms. The predicted molar refractivity (Wildman–Crippen MR) is 156 cm³/mol. The Balaban J connectivity index is 1.47. The molecule has 0 aliphatic carbocycles. The number of carbonyl (C=O) groups is 3. The summed E-state index contributed by atoms with van der Waals surface area (Å²) in [5.74, 6) is 1.18. The van der Waals surface area contributed by atoms with Gasteiger partial charge >= 0.3 is 0 Å². The topological polar surface area (TPSA) is 143 Å². The van der Waals surface area contributed by atoms with Crippen molar-refractivity contribution < 1.29 is 23.9 Å². The van der Waals surface area contributed by atoms with E-state index in [0.717, 1.165) is 22.4 Å². The number of hydrogen-bond acceptors (Lipinski definition) is 7. The van der Waals surface area contributed by atoms with E-state index in [0.29, 0.717) is 36.0 Å². The molecule has 2 bridgehead atoms. The minimum atomic E-state index is -0.771. The first kappa shape index (κ1) is 28.7. The first-order valence-electron chi connectivity index (χ1n) is 13.9. The molecule has 2 aromatic carbocycles. The maximum absolute atomic E-state index is 13.7. The highest BCUT2D eigenvalue weighted by Crippen LogP contribution is 2.32. The molecule has 220 valence electrons. The van der Waals surface area contributed by atoms with Gasteiger partial charge in [0.1, 0.15) is 24.3 Å². The van der Waals surface area contributed by atoms with Crippen LogP contribution in [0.25, 0.3) is 22.4 Å². The highest BCUT2D eigenvalue weighted by Gasteiger charge is 2.27. The van der Waals surface area contributed by atoms with Gasteiger partial charge in [-0.1, -0.05) is 13.8 Å². The number of ether oxygens (including phenoxy) is 2. The second-order valence-electron chi connectivity index (χ2n) is 10.5. The van der Waals surface area contributed by atoms with E-state index in [9.17, 15) is 14.4 Å². The first-order valence-corrected chi connectivity index (χ1v) is 13.9. The molecule has 12 heteroatoms. The largest absolute Gasteiger partial charge is 0.493 e. The smallest absolute Gasteiger partial charge is 0.254 e. The summed E-state index contributed by atoms with van der Waals surface area (Å²) in [4.78, 5) is 53.5. The number of aromatic amines is 1. The van der Waals surface area contributed by atoms with Gasteiger partial charge in [-0.3, -0.25) is 14.4 Å². The summed E-state index contributed by atoms with van der Waals surface area (Å²) in [6, 6.07) is 9.91. The summed E-state index contributed by atoms with van der Waals surface area (Å²) in [5, 5.41) is 5.75. The van der Waals surface area contributed by atoms with Crippen molar-refractivity contribution in [3.8, 4) is 22.9 Å². The molecule has 0 saturated heterocycles. The number of imidazole rings is 2. The molecule has 0 unspecified atom stereocenters. The van der Waals surface area contributed by atoms with Gasteiger partial charge in [-0.2, -0.15) is 0 Å². The van der Waals surface area contributed by atoms with E-state index in [4.69, 9.17) is 9.47 Å². The zero-order chi connectivity index (χ0) is 29.8. The molecular weight excluding hydrogens is 538 g/mol. The van der Waals surface area contributed by atoms with Crippen molar-refractivity contribution in [2.75, 3.05) is 33.4 Å². The fourth-order valence-corrected chi connectivity index (χ4v) is 4.99. The van der Waals surface area contributed by atoms with Crippen LogP contribution in [0.1, 0.15) is 30.0 Å². The second-order valence-corrected chi connectivity index (χ2v) is 10.5.